The number of imide groups is 1. The molecule has 0 N–H and O–H groups in total. The van der Waals surface area contributed by atoms with Crippen LogP contribution in [0.5, 0.6) is 0 Å². The normalized spacial score (nSPS) is 17.2. The molecule has 6 nitrogen and oxygen atoms in total. The summed E-state index contributed by atoms with van der Waals surface area (Å²) in [6.45, 7) is 4.32. The number of hydrogen-bond donors (Lipinski definition) is 0. The molecule has 96 valence electrons. The monoisotopic (exact) mass is 243 g/mol. The molecule has 0 aromatic heterocycles. The predicted octanol–water partition coefficient (Wildman–Crippen LogP) is 1.64. The number of hydrogen-bond acceptors (Lipinski definition) is 5. The van der Waals surface area contributed by atoms with Gasteiger partial charge in [-0.05, 0) is 12.3 Å². The Labute approximate surface area is 99.8 Å². The number of hydroxylamine groups is 2. The van der Waals surface area contributed by atoms with Crippen molar-refractivity contribution in [3.63, 3.8) is 0 Å². The van der Waals surface area contributed by atoms with E-state index in [1.807, 2.05) is 13.8 Å². The lowest BCUT2D eigenvalue weighted by molar-refractivity contribution is -0.177. The van der Waals surface area contributed by atoms with Crippen LogP contribution in [-0.4, -0.2) is 29.6 Å². The van der Waals surface area contributed by atoms with Crippen molar-refractivity contribution in [3.05, 3.63) is 0 Å². The van der Waals surface area contributed by atoms with E-state index in [2.05, 4.69) is 4.84 Å². The summed E-state index contributed by atoms with van der Waals surface area (Å²) in [6.07, 6.45) is 0.893. The summed E-state index contributed by atoms with van der Waals surface area (Å²) in [7, 11) is 0. The fraction of sp³-hybridized carbons (Fsp3) is 0.727. The van der Waals surface area contributed by atoms with Crippen molar-refractivity contribution in [2.45, 2.75) is 39.5 Å². The summed E-state index contributed by atoms with van der Waals surface area (Å²) in [5, 5.41) is 0.478. The number of rotatable bonds is 5. The van der Waals surface area contributed by atoms with Gasteiger partial charge in [-0.1, -0.05) is 25.3 Å². The summed E-state index contributed by atoms with van der Waals surface area (Å²) in [4.78, 5) is 37.9. The molecule has 1 aliphatic heterocycles. The Hall–Kier alpha value is -1.59. The number of nitrogens with zero attached hydrogens (tertiary/aromatic N) is 1. The molecule has 17 heavy (non-hydrogen) atoms. The van der Waals surface area contributed by atoms with Crippen molar-refractivity contribution in [1.29, 1.82) is 0 Å². The maximum Gasteiger partial charge on any atom is 0.533 e. The Morgan fingerprint density at radius 3 is 2.47 bits per heavy atom. The lowest BCUT2D eigenvalue weighted by atomic mass is 10.1. The quantitative estimate of drug-likeness (QED) is 0.542. The van der Waals surface area contributed by atoms with Gasteiger partial charge in [0.25, 0.3) is 11.8 Å². The van der Waals surface area contributed by atoms with Crippen LogP contribution in [-0.2, 0) is 19.2 Å². The molecule has 0 aliphatic carbocycles. The fourth-order valence-corrected chi connectivity index (χ4v) is 1.31. The molecule has 0 saturated carbocycles. The zero-order chi connectivity index (χ0) is 12.8. The summed E-state index contributed by atoms with van der Waals surface area (Å²) in [5.41, 5.74) is 0. The average Bonchev–Trinajstić information content (AvgIpc) is 2.60. The molecule has 2 amide bonds. The van der Waals surface area contributed by atoms with E-state index in [4.69, 9.17) is 4.74 Å². The molecule has 0 aromatic carbocycles. The van der Waals surface area contributed by atoms with E-state index < -0.39 is 18.0 Å². The molecule has 0 bridgehead atoms. The first-order valence-electron chi connectivity index (χ1n) is 5.75. The van der Waals surface area contributed by atoms with E-state index in [1.54, 1.807) is 0 Å². The maximum atomic E-state index is 11.2. The summed E-state index contributed by atoms with van der Waals surface area (Å²) < 4.78 is 4.77. The molecule has 1 rings (SSSR count). The van der Waals surface area contributed by atoms with Gasteiger partial charge in [-0.2, -0.15) is 0 Å². The van der Waals surface area contributed by atoms with Gasteiger partial charge in [0.15, 0.2) is 0 Å². The van der Waals surface area contributed by atoms with Crippen molar-refractivity contribution in [2.24, 2.45) is 5.92 Å². The molecule has 1 heterocycles. The smallest absolute Gasteiger partial charge is 0.433 e. The Kier molecular flexibility index (Phi) is 4.93. The van der Waals surface area contributed by atoms with Crippen LogP contribution < -0.4 is 0 Å². The van der Waals surface area contributed by atoms with Crippen molar-refractivity contribution in [3.8, 4) is 0 Å². The van der Waals surface area contributed by atoms with Crippen LogP contribution in [0.15, 0.2) is 0 Å². The van der Waals surface area contributed by atoms with Crippen LogP contribution in [0.1, 0.15) is 39.5 Å². The van der Waals surface area contributed by atoms with Crippen LogP contribution >= 0.6 is 0 Å². The number of carbonyl (C=O) groups excluding carboxylic acids is 3. The highest BCUT2D eigenvalue weighted by Crippen LogP contribution is 2.13. The predicted molar refractivity (Wildman–Crippen MR) is 57.6 cm³/mol. The molecular formula is C11H17NO5. The third-order valence-corrected chi connectivity index (χ3v) is 2.70. The van der Waals surface area contributed by atoms with Crippen molar-refractivity contribution in [2.75, 3.05) is 6.61 Å². The van der Waals surface area contributed by atoms with Crippen molar-refractivity contribution < 1.29 is 24.0 Å². The highest BCUT2D eigenvalue weighted by atomic mass is 16.8. The molecule has 6 heteroatoms. The van der Waals surface area contributed by atoms with Crippen LogP contribution in [0.3, 0.4) is 0 Å². The largest absolute Gasteiger partial charge is 0.533 e. The van der Waals surface area contributed by atoms with E-state index in [0.717, 1.165) is 12.8 Å². The number of ether oxygens (including phenoxy) is 1. The SMILES string of the molecule is CCC(C)CCOC(=O)ON1C(=O)CCC1=O. The van der Waals surface area contributed by atoms with Gasteiger partial charge in [0.05, 0.1) is 6.61 Å². The average molecular weight is 243 g/mol. The first-order valence-corrected chi connectivity index (χ1v) is 5.75. The third-order valence-electron chi connectivity index (χ3n) is 2.70. The molecule has 1 fully saturated rings. The van der Waals surface area contributed by atoms with Gasteiger partial charge in [0, 0.05) is 12.8 Å². The highest BCUT2D eigenvalue weighted by molar-refractivity contribution is 6.01. The minimum absolute atomic E-state index is 0.0823. The van der Waals surface area contributed by atoms with Crippen LogP contribution in [0.4, 0.5) is 4.79 Å². The molecule has 1 unspecified atom stereocenters. The summed E-state index contributed by atoms with van der Waals surface area (Å²) in [6, 6.07) is 0. The molecule has 0 aromatic rings. The van der Waals surface area contributed by atoms with Crippen LogP contribution in [0, 0.1) is 5.92 Å². The first-order chi connectivity index (χ1) is 8.04. The molecule has 0 radical (unpaired) electrons. The number of amides is 2. The minimum Gasteiger partial charge on any atom is -0.433 e. The van der Waals surface area contributed by atoms with E-state index >= 15 is 0 Å². The van der Waals surface area contributed by atoms with Gasteiger partial charge >= 0.3 is 6.16 Å². The second-order valence-corrected chi connectivity index (χ2v) is 4.07. The van der Waals surface area contributed by atoms with Gasteiger partial charge in [-0.3, -0.25) is 14.4 Å². The van der Waals surface area contributed by atoms with Gasteiger partial charge in [0.1, 0.15) is 0 Å². The van der Waals surface area contributed by atoms with E-state index in [9.17, 15) is 14.4 Å². The Balaban J connectivity index is 2.25. The lowest BCUT2D eigenvalue weighted by Crippen LogP contribution is -2.32. The first kappa shape index (κ1) is 13.5. The Bertz CT molecular complexity index is 299. The topological polar surface area (TPSA) is 72.9 Å². The summed E-state index contributed by atoms with van der Waals surface area (Å²) in [5.74, 6) is -0.555. The zero-order valence-corrected chi connectivity index (χ0v) is 10.1. The highest BCUT2D eigenvalue weighted by Gasteiger charge is 2.33. The molecular weight excluding hydrogens is 226 g/mol. The Morgan fingerprint density at radius 1 is 1.35 bits per heavy atom. The van der Waals surface area contributed by atoms with Crippen molar-refractivity contribution >= 4 is 18.0 Å². The Morgan fingerprint density at radius 2 is 1.94 bits per heavy atom. The molecule has 0 spiro atoms. The second-order valence-electron chi connectivity index (χ2n) is 4.07. The van der Waals surface area contributed by atoms with Gasteiger partial charge in [-0.25, -0.2) is 4.79 Å². The summed E-state index contributed by atoms with van der Waals surface area (Å²) >= 11 is 0. The molecule has 1 saturated heterocycles. The van der Waals surface area contributed by atoms with Gasteiger partial charge in [0.2, 0.25) is 0 Å². The minimum atomic E-state index is -1.00. The van der Waals surface area contributed by atoms with E-state index in [0.29, 0.717) is 11.0 Å². The van der Waals surface area contributed by atoms with Crippen molar-refractivity contribution in [1.82, 2.24) is 5.06 Å². The second kappa shape index (κ2) is 6.22. The fourth-order valence-electron chi connectivity index (χ4n) is 1.31. The van der Waals surface area contributed by atoms with Crippen LogP contribution in [0.2, 0.25) is 0 Å². The molecule has 1 atom stereocenters. The number of carbonyl (C=O) groups is 3. The van der Waals surface area contributed by atoms with Crippen LogP contribution in [0.25, 0.3) is 0 Å². The maximum absolute atomic E-state index is 11.2. The zero-order valence-electron chi connectivity index (χ0n) is 10.1. The standard InChI is InChI=1S/C11H17NO5/c1-3-8(2)6-7-16-11(15)17-12-9(13)4-5-10(12)14/h8H,3-7H2,1-2H3. The lowest BCUT2D eigenvalue weighted by Gasteiger charge is -2.13. The van der Waals surface area contributed by atoms with E-state index in [1.165, 1.54) is 0 Å². The third kappa shape index (κ3) is 4.05. The molecule has 1 aliphatic rings. The van der Waals surface area contributed by atoms with E-state index in [-0.39, 0.29) is 19.4 Å². The van der Waals surface area contributed by atoms with Gasteiger partial charge in [-0.15, -0.1) is 0 Å². The van der Waals surface area contributed by atoms with Gasteiger partial charge < -0.3 is 4.74 Å².